The minimum Gasteiger partial charge on any atom is -0.489 e. The lowest BCUT2D eigenvalue weighted by molar-refractivity contribution is 0.141. The van der Waals surface area contributed by atoms with Crippen LogP contribution in [0.3, 0.4) is 0 Å². The Morgan fingerprint density at radius 2 is 2.19 bits per heavy atom. The Balaban J connectivity index is 0.00000364. The minimum absolute atomic E-state index is 0. The summed E-state index contributed by atoms with van der Waals surface area (Å²) in [5.41, 5.74) is 1.10. The van der Waals surface area contributed by atoms with Crippen molar-refractivity contribution < 1.29 is 9.47 Å². The van der Waals surface area contributed by atoms with Crippen molar-refractivity contribution >= 4 is 29.9 Å². The highest BCUT2D eigenvalue weighted by Crippen LogP contribution is 2.18. The molecule has 1 unspecified atom stereocenters. The number of hydrogen-bond donors (Lipinski definition) is 2. The van der Waals surface area contributed by atoms with Gasteiger partial charge in [0.1, 0.15) is 12.4 Å². The third kappa shape index (κ3) is 8.06. The van der Waals surface area contributed by atoms with Gasteiger partial charge in [0.05, 0.1) is 6.61 Å². The lowest BCUT2D eigenvalue weighted by Gasteiger charge is -2.25. The second-order valence-electron chi connectivity index (χ2n) is 6.34. The van der Waals surface area contributed by atoms with Gasteiger partial charge in [-0.05, 0) is 25.5 Å². The van der Waals surface area contributed by atoms with E-state index in [-0.39, 0.29) is 24.0 Å². The van der Waals surface area contributed by atoms with Crippen molar-refractivity contribution in [1.29, 1.82) is 0 Å². The van der Waals surface area contributed by atoms with E-state index in [1.54, 1.807) is 20.2 Å². The Bertz CT molecular complexity index is 583. The Hall–Kier alpha value is -1.32. The smallest absolute Gasteiger partial charge is 0.191 e. The maximum atomic E-state index is 5.71. The van der Waals surface area contributed by atoms with E-state index in [1.165, 1.54) is 12.8 Å². The average molecular weight is 488 g/mol. The number of halogens is 1. The second-order valence-corrected chi connectivity index (χ2v) is 6.34. The second kappa shape index (κ2) is 13.8. The third-order valence-electron chi connectivity index (χ3n) is 4.59. The van der Waals surface area contributed by atoms with E-state index in [0.717, 1.165) is 43.5 Å². The number of ether oxygens (including phenoxy) is 2. The average Bonchev–Trinajstić information content (AvgIpc) is 3.13. The molecule has 0 saturated carbocycles. The van der Waals surface area contributed by atoms with E-state index < -0.39 is 0 Å². The summed E-state index contributed by atoms with van der Waals surface area (Å²) in [5.74, 6) is 1.68. The Labute approximate surface area is 180 Å². The summed E-state index contributed by atoms with van der Waals surface area (Å²) in [7, 11) is 3.55. The number of nitrogens with one attached hydrogen (secondary N) is 2. The van der Waals surface area contributed by atoms with Gasteiger partial charge < -0.3 is 20.1 Å². The van der Waals surface area contributed by atoms with Gasteiger partial charge in [-0.1, -0.05) is 30.9 Å². The van der Waals surface area contributed by atoms with Crippen LogP contribution in [0.5, 0.6) is 5.75 Å². The van der Waals surface area contributed by atoms with Crippen LogP contribution in [0.1, 0.15) is 18.4 Å². The molecule has 6 nitrogen and oxygen atoms in total. The zero-order valence-corrected chi connectivity index (χ0v) is 18.8. The first kappa shape index (κ1) is 23.7. The zero-order valence-electron chi connectivity index (χ0n) is 16.4. The zero-order chi connectivity index (χ0) is 18.6. The van der Waals surface area contributed by atoms with Gasteiger partial charge in [0.15, 0.2) is 5.96 Å². The number of rotatable bonds is 10. The molecular formula is C20H33IN4O2. The summed E-state index contributed by atoms with van der Waals surface area (Å²) >= 11 is 0. The molecule has 152 valence electrons. The van der Waals surface area contributed by atoms with Crippen molar-refractivity contribution in [2.24, 2.45) is 4.99 Å². The van der Waals surface area contributed by atoms with Crippen LogP contribution in [0.4, 0.5) is 0 Å². The molecule has 0 radical (unpaired) electrons. The SMILES string of the molecule is C=CCOc1ccccc1CNC(=NC)NCC1CCCN1CCOC.I. The summed E-state index contributed by atoms with van der Waals surface area (Å²) in [5, 5.41) is 6.82. The molecule has 1 aromatic rings. The van der Waals surface area contributed by atoms with Crippen LogP contribution >= 0.6 is 24.0 Å². The largest absolute Gasteiger partial charge is 0.489 e. The van der Waals surface area contributed by atoms with Gasteiger partial charge in [-0.3, -0.25) is 9.89 Å². The first-order chi connectivity index (χ1) is 12.8. The summed E-state index contributed by atoms with van der Waals surface area (Å²) in [6.07, 6.45) is 4.21. The monoisotopic (exact) mass is 488 g/mol. The van der Waals surface area contributed by atoms with Crippen molar-refractivity contribution in [3.8, 4) is 5.75 Å². The summed E-state index contributed by atoms with van der Waals surface area (Å²) in [6.45, 7) is 8.67. The van der Waals surface area contributed by atoms with Gasteiger partial charge in [0.25, 0.3) is 0 Å². The van der Waals surface area contributed by atoms with E-state index >= 15 is 0 Å². The highest BCUT2D eigenvalue weighted by atomic mass is 127. The Morgan fingerprint density at radius 3 is 2.93 bits per heavy atom. The number of nitrogens with zero attached hydrogens (tertiary/aromatic N) is 2. The molecule has 0 bridgehead atoms. The van der Waals surface area contributed by atoms with E-state index in [1.807, 2.05) is 18.2 Å². The van der Waals surface area contributed by atoms with Crippen LogP contribution in [0.15, 0.2) is 41.9 Å². The lowest BCUT2D eigenvalue weighted by Crippen LogP contribution is -2.45. The van der Waals surface area contributed by atoms with E-state index in [9.17, 15) is 0 Å². The van der Waals surface area contributed by atoms with Crippen molar-refractivity contribution in [3.05, 3.63) is 42.5 Å². The number of methoxy groups -OCH3 is 1. The van der Waals surface area contributed by atoms with E-state index in [2.05, 4.69) is 33.2 Å². The van der Waals surface area contributed by atoms with Crippen molar-refractivity contribution in [2.45, 2.75) is 25.4 Å². The third-order valence-corrected chi connectivity index (χ3v) is 4.59. The molecule has 27 heavy (non-hydrogen) atoms. The quantitative estimate of drug-likeness (QED) is 0.230. The molecule has 0 amide bonds. The molecule has 1 fully saturated rings. The fraction of sp³-hybridized carbons (Fsp3) is 0.550. The van der Waals surface area contributed by atoms with Crippen LogP contribution in [0.25, 0.3) is 0 Å². The fourth-order valence-corrected chi connectivity index (χ4v) is 3.18. The number of hydrogen-bond acceptors (Lipinski definition) is 4. The van der Waals surface area contributed by atoms with Crippen molar-refractivity contribution in [2.75, 3.05) is 47.0 Å². The molecule has 1 aromatic carbocycles. The van der Waals surface area contributed by atoms with E-state index in [4.69, 9.17) is 9.47 Å². The number of aliphatic imine (C=N–C) groups is 1. The van der Waals surface area contributed by atoms with Gasteiger partial charge in [-0.15, -0.1) is 24.0 Å². The summed E-state index contributed by atoms with van der Waals surface area (Å²) < 4.78 is 10.9. The van der Waals surface area contributed by atoms with Crippen LogP contribution < -0.4 is 15.4 Å². The summed E-state index contributed by atoms with van der Waals surface area (Å²) in [6, 6.07) is 8.56. The number of likely N-dealkylation sites (tertiary alicyclic amines) is 1. The molecule has 1 heterocycles. The predicted octanol–water partition coefficient (Wildman–Crippen LogP) is 2.65. The highest BCUT2D eigenvalue weighted by Gasteiger charge is 2.23. The van der Waals surface area contributed by atoms with Crippen LogP contribution in [0.2, 0.25) is 0 Å². The first-order valence-corrected chi connectivity index (χ1v) is 9.27. The normalized spacial score (nSPS) is 17.3. The molecular weight excluding hydrogens is 455 g/mol. The number of guanidine groups is 1. The minimum atomic E-state index is 0. The Kier molecular flexibility index (Phi) is 12.1. The molecule has 0 aliphatic carbocycles. The fourth-order valence-electron chi connectivity index (χ4n) is 3.18. The highest BCUT2D eigenvalue weighted by molar-refractivity contribution is 14.0. The molecule has 1 aliphatic heterocycles. The van der Waals surface area contributed by atoms with Gasteiger partial charge in [-0.2, -0.15) is 0 Å². The molecule has 1 saturated heterocycles. The standard InChI is InChI=1S/C20H32N4O2.HI/c1-4-13-26-19-10-6-5-8-17(19)15-22-20(21-2)23-16-18-9-7-11-24(18)12-14-25-3;/h4-6,8,10,18H,1,7,9,11-16H2,2-3H3,(H2,21,22,23);1H. The number of para-hydroxylation sites is 1. The first-order valence-electron chi connectivity index (χ1n) is 9.27. The predicted molar refractivity (Wildman–Crippen MR) is 122 cm³/mol. The number of benzene rings is 1. The van der Waals surface area contributed by atoms with Crippen molar-refractivity contribution in [3.63, 3.8) is 0 Å². The lowest BCUT2D eigenvalue weighted by atomic mass is 10.2. The van der Waals surface area contributed by atoms with Crippen LogP contribution in [-0.2, 0) is 11.3 Å². The van der Waals surface area contributed by atoms with Gasteiger partial charge in [0, 0.05) is 45.4 Å². The van der Waals surface area contributed by atoms with Gasteiger partial charge in [-0.25, -0.2) is 0 Å². The summed E-state index contributed by atoms with van der Waals surface area (Å²) in [4.78, 5) is 6.83. The molecule has 7 heteroatoms. The Morgan fingerprint density at radius 1 is 1.37 bits per heavy atom. The van der Waals surface area contributed by atoms with Gasteiger partial charge in [0.2, 0.25) is 0 Å². The van der Waals surface area contributed by atoms with Crippen LogP contribution in [-0.4, -0.2) is 63.9 Å². The maximum absolute atomic E-state index is 5.71. The molecule has 1 aliphatic rings. The molecule has 1 atom stereocenters. The molecule has 0 spiro atoms. The van der Waals surface area contributed by atoms with Crippen molar-refractivity contribution in [1.82, 2.24) is 15.5 Å². The molecule has 2 rings (SSSR count). The van der Waals surface area contributed by atoms with E-state index in [0.29, 0.717) is 19.2 Å². The maximum Gasteiger partial charge on any atom is 0.191 e. The topological polar surface area (TPSA) is 58.1 Å². The van der Waals surface area contributed by atoms with Crippen LogP contribution in [0, 0.1) is 0 Å². The molecule has 2 N–H and O–H groups in total. The van der Waals surface area contributed by atoms with Gasteiger partial charge >= 0.3 is 0 Å². The molecule has 0 aromatic heterocycles.